The highest BCUT2D eigenvalue weighted by molar-refractivity contribution is 8.00. The number of aromatic nitrogens is 3. The summed E-state index contributed by atoms with van der Waals surface area (Å²) in [6.45, 7) is 4.95. The lowest BCUT2D eigenvalue weighted by Crippen LogP contribution is -3.00. The smallest absolute Gasteiger partial charge is 0.416 e. The van der Waals surface area contributed by atoms with Gasteiger partial charge in [-0.15, -0.1) is 17.1 Å². The maximum absolute atomic E-state index is 13.2. The Morgan fingerprint density at radius 1 is 1.17 bits per heavy atom. The van der Waals surface area contributed by atoms with E-state index >= 15 is 0 Å². The normalized spacial score (nSPS) is 13.5. The summed E-state index contributed by atoms with van der Waals surface area (Å²) in [6.07, 6.45) is -1.35. The number of alkyl halides is 3. The molecule has 0 bridgehead atoms. The Morgan fingerprint density at radius 2 is 1.78 bits per heavy atom. The van der Waals surface area contributed by atoms with Gasteiger partial charge < -0.3 is 32.3 Å². The number of thioether (sulfide) groups is 1. The molecule has 0 saturated heterocycles. The largest absolute Gasteiger partial charge is 1.00 e. The zero-order valence-electron chi connectivity index (χ0n) is 26.0. The van der Waals surface area contributed by atoms with Crippen molar-refractivity contribution in [1.29, 1.82) is 0 Å². The summed E-state index contributed by atoms with van der Waals surface area (Å²) in [5.74, 6) is -0.489. The van der Waals surface area contributed by atoms with Gasteiger partial charge in [-0.2, -0.15) is 29.5 Å². The summed E-state index contributed by atoms with van der Waals surface area (Å²) in [4.78, 5) is 26.2. The number of benzene rings is 2. The fraction of sp³-hybridized carbons (Fsp3) is 0.448. The van der Waals surface area contributed by atoms with Gasteiger partial charge in [-0.1, -0.05) is 29.8 Å². The topological polar surface area (TPSA) is 110 Å². The maximum atomic E-state index is 13.2. The molecule has 0 radical (unpaired) electrons. The van der Waals surface area contributed by atoms with Crippen LogP contribution in [-0.2, 0) is 39.2 Å². The number of amides is 1. The third-order valence-corrected chi connectivity index (χ3v) is 9.02. The molecule has 0 spiro atoms. The van der Waals surface area contributed by atoms with Crippen molar-refractivity contribution in [3.63, 3.8) is 0 Å². The molecule has 0 aliphatic rings. The van der Waals surface area contributed by atoms with Gasteiger partial charge in [-0.3, -0.25) is 9.69 Å². The highest BCUT2D eigenvalue weighted by Gasteiger charge is 2.47. The number of carbonyl (C=O) groups excluding carboxylic acids is 2. The van der Waals surface area contributed by atoms with Crippen LogP contribution in [0.5, 0.6) is 0 Å². The van der Waals surface area contributed by atoms with Gasteiger partial charge in [0, 0.05) is 34.4 Å². The van der Waals surface area contributed by atoms with Crippen LogP contribution >= 0.6 is 35.8 Å². The molecule has 1 aromatic heterocycles. The van der Waals surface area contributed by atoms with E-state index in [1.807, 2.05) is 0 Å². The predicted molar refractivity (Wildman–Crippen MR) is 167 cm³/mol. The number of nitrogens with one attached hydrogen (secondary N) is 1. The first-order valence-corrected chi connectivity index (χ1v) is 15.0. The Labute approximate surface area is 287 Å². The first kappa shape index (κ1) is 41.3. The van der Waals surface area contributed by atoms with E-state index in [1.54, 1.807) is 52.3 Å². The van der Waals surface area contributed by atoms with Gasteiger partial charge in [0.05, 0.1) is 17.8 Å². The Morgan fingerprint density at radius 3 is 2.35 bits per heavy atom. The summed E-state index contributed by atoms with van der Waals surface area (Å²) in [7, 11) is 3.10. The molecule has 3 rings (SSSR count). The quantitative estimate of drug-likeness (QED) is 0.216. The van der Waals surface area contributed by atoms with E-state index in [9.17, 15) is 27.9 Å². The van der Waals surface area contributed by atoms with E-state index in [-0.39, 0.29) is 44.5 Å². The molecule has 2 aromatic carbocycles. The molecule has 0 fully saturated rings. The number of halogens is 6. The summed E-state index contributed by atoms with van der Waals surface area (Å²) < 4.78 is 52.5. The lowest BCUT2D eigenvalue weighted by atomic mass is 9.82. The van der Waals surface area contributed by atoms with Crippen LogP contribution in [0.2, 0.25) is 5.02 Å². The third-order valence-electron chi connectivity index (χ3n) is 7.31. The van der Waals surface area contributed by atoms with Gasteiger partial charge in [0.15, 0.2) is 0 Å². The molecule has 256 valence electrons. The molecule has 0 aliphatic heterocycles. The van der Waals surface area contributed by atoms with E-state index in [4.69, 9.17) is 21.1 Å². The number of carbonyl (C=O) groups is 2. The van der Waals surface area contributed by atoms with Gasteiger partial charge in [-0.05, 0) is 57.0 Å². The van der Waals surface area contributed by atoms with Crippen molar-refractivity contribution in [2.45, 2.75) is 56.7 Å². The van der Waals surface area contributed by atoms with Crippen LogP contribution in [0.4, 0.5) is 23.7 Å². The number of hydrogen-bond acceptors (Lipinski definition) is 8. The minimum Gasteiger partial charge on any atom is -1.00 e. The maximum Gasteiger partial charge on any atom is 0.416 e. The molecular weight excluding hydrogens is 694 g/mol. The number of hydrogen-bond donors (Lipinski definition) is 2. The molecular formula is C29H37Cl3F3N5O5S. The number of esters is 1. The first-order valence-electron chi connectivity index (χ1n) is 13.4. The number of rotatable bonds is 12. The Bertz CT molecular complexity index is 1460. The Hall–Kier alpha value is -2.75. The zero-order valence-corrected chi connectivity index (χ0v) is 29.1. The number of ether oxygens (including phenoxy) is 2. The number of nitrogens with zero attached hydrogens (tertiary/aromatic N) is 4. The van der Waals surface area contributed by atoms with Gasteiger partial charge >= 0.3 is 18.2 Å². The fourth-order valence-corrected chi connectivity index (χ4v) is 5.06. The Kier molecular flexibility index (Phi) is 15.2. The van der Waals surface area contributed by atoms with Gasteiger partial charge in [0.25, 0.3) is 6.33 Å². The average molecular weight is 731 g/mol. The lowest BCUT2D eigenvalue weighted by Gasteiger charge is -2.40. The molecule has 17 heteroatoms. The van der Waals surface area contributed by atoms with E-state index < -0.39 is 40.4 Å². The average Bonchev–Trinajstić information content (AvgIpc) is 3.44. The molecule has 1 amide bonds. The standard InChI is InChI=1S/C29H36ClF3N5O5S.2ClH/c1-19(43-26(40)36(5)24-9-7-8-23(30)22(24)15-42-25(39)14-34-4)37-17-35-38(18-37)16-28(41,27(2,3)44-6)20-10-12-21(13-11-20)29(31,32)33;;/h7-13,17-19,34,41H,14-16H2,1-6H3;2*1H/q+1;;/p-1. The van der Waals surface area contributed by atoms with Crippen molar-refractivity contribution in [1.82, 2.24) is 15.1 Å². The third kappa shape index (κ3) is 9.64. The van der Waals surface area contributed by atoms with Crippen LogP contribution in [0.15, 0.2) is 55.1 Å². The molecule has 2 atom stereocenters. The van der Waals surface area contributed by atoms with Crippen LogP contribution in [0.3, 0.4) is 0 Å². The molecule has 2 unspecified atom stereocenters. The lowest BCUT2D eigenvalue weighted by molar-refractivity contribution is -0.753. The van der Waals surface area contributed by atoms with Crippen LogP contribution in [0.25, 0.3) is 0 Å². The molecule has 2 N–H and O–H groups in total. The van der Waals surface area contributed by atoms with E-state index in [1.165, 1.54) is 57.7 Å². The van der Waals surface area contributed by atoms with Crippen molar-refractivity contribution in [3.8, 4) is 0 Å². The van der Waals surface area contributed by atoms with Gasteiger partial charge in [0.1, 0.15) is 18.8 Å². The minimum atomic E-state index is -4.51. The molecule has 1 heterocycles. The van der Waals surface area contributed by atoms with E-state index in [0.29, 0.717) is 21.8 Å². The SMILES string of the molecule is CNCC(=O)OCc1c(Cl)cccc1N(C)C(=O)OC(C)[n+]1cnn(CC(O)(c2ccc(C(F)(F)F)cc2)C(C)(C)SC)c1.Cl.[Cl-]. The van der Waals surface area contributed by atoms with Crippen molar-refractivity contribution in [3.05, 3.63) is 76.8 Å². The molecule has 10 nitrogen and oxygen atoms in total. The van der Waals surface area contributed by atoms with Crippen molar-refractivity contribution in [2.75, 3.05) is 31.8 Å². The second-order valence-electron chi connectivity index (χ2n) is 10.5. The summed E-state index contributed by atoms with van der Waals surface area (Å²) in [6, 6.07) is 9.32. The second kappa shape index (κ2) is 16.9. The van der Waals surface area contributed by atoms with Gasteiger partial charge in [-0.25, -0.2) is 4.79 Å². The molecule has 0 aliphatic carbocycles. The molecule has 3 aromatic rings. The minimum absolute atomic E-state index is 0. The summed E-state index contributed by atoms with van der Waals surface area (Å²) in [5.41, 5.74) is -1.34. The summed E-state index contributed by atoms with van der Waals surface area (Å²) in [5, 5.41) is 19.2. The number of anilines is 1. The molecule has 0 saturated carbocycles. The van der Waals surface area contributed by atoms with E-state index in [0.717, 1.165) is 12.1 Å². The van der Waals surface area contributed by atoms with Crippen molar-refractivity contribution < 1.29 is 54.3 Å². The second-order valence-corrected chi connectivity index (χ2v) is 12.3. The van der Waals surface area contributed by atoms with Crippen LogP contribution in [0, 0.1) is 0 Å². The van der Waals surface area contributed by atoms with Crippen molar-refractivity contribution >= 4 is 53.5 Å². The fourth-order valence-electron chi connectivity index (χ4n) is 4.31. The Balaban J connectivity index is 0.00000529. The van der Waals surface area contributed by atoms with Crippen LogP contribution in [-0.4, -0.2) is 58.6 Å². The first-order chi connectivity index (χ1) is 20.5. The summed E-state index contributed by atoms with van der Waals surface area (Å²) >= 11 is 7.69. The molecule has 46 heavy (non-hydrogen) atoms. The van der Waals surface area contributed by atoms with Gasteiger partial charge in [0.2, 0.25) is 12.6 Å². The number of likely N-dealkylation sites (N-methyl/N-ethyl adjacent to an activating group) is 1. The van der Waals surface area contributed by atoms with Crippen molar-refractivity contribution in [2.24, 2.45) is 0 Å². The van der Waals surface area contributed by atoms with Crippen LogP contribution < -0.4 is 27.2 Å². The van der Waals surface area contributed by atoms with E-state index in [2.05, 4.69) is 10.4 Å². The zero-order chi connectivity index (χ0) is 32.9. The highest BCUT2D eigenvalue weighted by atomic mass is 35.5. The monoisotopic (exact) mass is 729 g/mol. The van der Waals surface area contributed by atoms with Crippen LogP contribution in [0.1, 0.15) is 43.7 Å². The number of aliphatic hydroxyl groups is 1. The predicted octanol–water partition coefficient (Wildman–Crippen LogP) is 2.35. The highest BCUT2D eigenvalue weighted by Crippen LogP contribution is 2.43.